The summed E-state index contributed by atoms with van der Waals surface area (Å²) >= 11 is 0. The topological polar surface area (TPSA) is 86.2 Å². The molecule has 0 aromatic carbocycles. The molecule has 1 aliphatic carbocycles. The van der Waals surface area contributed by atoms with E-state index in [2.05, 4.69) is 26.9 Å². The molecule has 1 aliphatic rings. The van der Waals surface area contributed by atoms with Crippen molar-refractivity contribution in [2.75, 3.05) is 0 Å². The number of hydrazine groups is 1. The first-order chi connectivity index (χ1) is 9.78. The van der Waals surface area contributed by atoms with Crippen molar-refractivity contribution in [1.82, 2.24) is 15.6 Å². The van der Waals surface area contributed by atoms with Crippen LogP contribution in [-0.2, 0) is 4.74 Å². The molecule has 1 heterocycles. The average Bonchev–Trinajstić information content (AvgIpc) is 2.81. The molecule has 118 valence electrons. The van der Waals surface area contributed by atoms with Crippen molar-refractivity contribution in [2.24, 2.45) is 5.84 Å². The van der Waals surface area contributed by atoms with Crippen molar-refractivity contribution in [2.45, 2.75) is 50.5 Å². The lowest BCUT2D eigenvalue weighted by Crippen LogP contribution is -2.34. The monoisotopic (exact) mass is 306 g/mol. The molecule has 1 saturated carbocycles. The van der Waals surface area contributed by atoms with Crippen molar-refractivity contribution in [3.8, 4) is 0 Å². The number of nitrogens with zero attached hydrogens (tertiary/aromatic N) is 2. The van der Waals surface area contributed by atoms with Crippen LogP contribution < -0.4 is 11.3 Å². The minimum absolute atomic E-state index is 0.0721. The van der Waals surface area contributed by atoms with Crippen LogP contribution in [0.15, 0.2) is 16.7 Å². The number of allylic oxidation sites excluding steroid dienone is 1. The summed E-state index contributed by atoms with van der Waals surface area (Å²) in [6.45, 7) is 5.57. The lowest BCUT2D eigenvalue weighted by atomic mass is 9.82. The maximum absolute atomic E-state index is 12.0. The van der Waals surface area contributed by atoms with Gasteiger partial charge in [-0.3, -0.25) is 10.6 Å². The Morgan fingerprint density at radius 3 is 2.76 bits per heavy atom. The number of nitrogens with two attached hydrogens (primary N) is 1. The maximum Gasteiger partial charge on any atom is 0.522 e. The molecule has 21 heavy (non-hydrogen) atoms. The maximum atomic E-state index is 12.0. The van der Waals surface area contributed by atoms with Crippen LogP contribution in [0.4, 0.5) is 13.2 Å². The molecule has 1 fully saturated rings. The number of alkyl halides is 3. The number of hydrogen-bond acceptors (Lipinski definition) is 6. The number of halogens is 3. The Morgan fingerprint density at radius 2 is 2.19 bits per heavy atom. The number of rotatable bonds is 6. The zero-order valence-corrected chi connectivity index (χ0v) is 11.5. The number of aromatic nitrogens is 2. The van der Waals surface area contributed by atoms with E-state index in [1.807, 2.05) is 6.92 Å². The van der Waals surface area contributed by atoms with E-state index in [0.29, 0.717) is 23.9 Å². The van der Waals surface area contributed by atoms with Crippen molar-refractivity contribution in [3.05, 3.63) is 24.1 Å². The second-order valence-electron chi connectivity index (χ2n) is 5.19. The molecular formula is C12H17F3N4O2. The van der Waals surface area contributed by atoms with Gasteiger partial charge in [-0.25, -0.2) is 0 Å². The van der Waals surface area contributed by atoms with Gasteiger partial charge in [0.25, 0.3) is 0 Å². The van der Waals surface area contributed by atoms with Crippen LogP contribution in [0, 0.1) is 0 Å². The first-order valence-electron chi connectivity index (χ1n) is 6.50. The first-order valence-corrected chi connectivity index (χ1v) is 6.50. The average molecular weight is 306 g/mol. The van der Waals surface area contributed by atoms with E-state index in [-0.39, 0.29) is 24.7 Å². The Morgan fingerprint density at radius 1 is 1.52 bits per heavy atom. The third kappa shape index (κ3) is 4.18. The van der Waals surface area contributed by atoms with E-state index < -0.39 is 12.5 Å². The van der Waals surface area contributed by atoms with E-state index in [1.54, 1.807) is 0 Å². The molecule has 0 spiro atoms. The molecule has 0 saturated heterocycles. The second kappa shape index (κ2) is 6.02. The van der Waals surface area contributed by atoms with Crippen molar-refractivity contribution in [1.29, 1.82) is 0 Å². The quantitative estimate of drug-likeness (QED) is 0.619. The van der Waals surface area contributed by atoms with Crippen LogP contribution in [0.3, 0.4) is 0 Å². The summed E-state index contributed by atoms with van der Waals surface area (Å²) in [5.74, 6) is 5.75. The molecule has 1 aromatic rings. The van der Waals surface area contributed by atoms with Crippen LogP contribution in [-0.4, -0.2) is 22.7 Å². The highest BCUT2D eigenvalue weighted by atomic mass is 19.4. The van der Waals surface area contributed by atoms with E-state index in [9.17, 15) is 13.2 Å². The highest BCUT2D eigenvalue weighted by molar-refractivity contribution is 5.04. The molecule has 1 aromatic heterocycles. The Bertz CT molecular complexity index is 497. The predicted molar refractivity (Wildman–Crippen MR) is 66.7 cm³/mol. The minimum Gasteiger partial charge on any atom is -0.425 e. The smallest absolute Gasteiger partial charge is 0.425 e. The summed E-state index contributed by atoms with van der Waals surface area (Å²) in [5, 5.41) is 7.81. The van der Waals surface area contributed by atoms with E-state index >= 15 is 0 Å². The molecule has 2 rings (SSSR count). The molecule has 0 radical (unpaired) electrons. The Kier molecular flexibility index (Phi) is 4.52. The fourth-order valence-electron chi connectivity index (χ4n) is 2.18. The van der Waals surface area contributed by atoms with E-state index in [4.69, 9.17) is 10.3 Å². The first kappa shape index (κ1) is 15.8. The zero-order valence-electron chi connectivity index (χ0n) is 11.5. The van der Waals surface area contributed by atoms with Gasteiger partial charge >= 0.3 is 6.36 Å². The fraction of sp³-hybridized carbons (Fsp3) is 0.667. The summed E-state index contributed by atoms with van der Waals surface area (Å²) in [4.78, 5) is 0. The molecule has 0 amide bonds. The van der Waals surface area contributed by atoms with E-state index in [0.717, 1.165) is 0 Å². The SMILES string of the molecule is C=C(CC(C)c1nnc([C@H]2C[C@@H](OC(F)(F)F)C2)o1)NN. The van der Waals surface area contributed by atoms with Gasteiger partial charge < -0.3 is 9.84 Å². The van der Waals surface area contributed by atoms with Gasteiger partial charge in [-0.2, -0.15) is 0 Å². The summed E-state index contributed by atoms with van der Waals surface area (Å²) in [7, 11) is 0. The largest absolute Gasteiger partial charge is 0.522 e. The lowest BCUT2D eigenvalue weighted by Gasteiger charge is -2.32. The summed E-state index contributed by atoms with van der Waals surface area (Å²) in [6.07, 6.45) is -4.44. The van der Waals surface area contributed by atoms with Gasteiger partial charge in [0.05, 0.1) is 6.10 Å². The van der Waals surface area contributed by atoms with Gasteiger partial charge in [0.1, 0.15) is 0 Å². The molecule has 1 atom stereocenters. The highest BCUT2D eigenvalue weighted by Crippen LogP contribution is 2.41. The number of hydrogen-bond donors (Lipinski definition) is 2. The van der Waals surface area contributed by atoms with Crippen molar-refractivity contribution >= 4 is 0 Å². The summed E-state index contributed by atoms with van der Waals surface area (Å²) in [6, 6.07) is 0. The number of nitrogens with one attached hydrogen (secondary N) is 1. The van der Waals surface area contributed by atoms with Crippen LogP contribution in [0.5, 0.6) is 0 Å². The van der Waals surface area contributed by atoms with Crippen molar-refractivity contribution in [3.63, 3.8) is 0 Å². The van der Waals surface area contributed by atoms with Crippen LogP contribution in [0.2, 0.25) is 0 Å². The molecule has 9 heteroatoms. The van der Waals surface area contributed by atoms with Crippen molar-refractivity contribution < 1.29 is 22.3 Å². The molecule has 0 bridgehead atoms. The molecular weight excluding hydrogens is 289 g/mol. The third-order valence-electron chi connectivity index (χ3n) is 3.38. The van der Waals surface area contributed by atoms with Crippen LogP contribution >= 0.6 is 0 Å². The predicted octanol–water partition coefficient (Wildman–Crippen LogP) is 2.32. The zero-order chi connectivity index (χ0) is 15.6. The van der Waals surface area contributed by atoms with Crippen LogP contribution in [0.1, 0.15) is 49.8 Å². The fourth-order valence-corrected chi connectivity index (χ4v) is 2.18. The molecule has 0 aliphatic heterocycles. The molecule has 1 unspecified atom stereocenters. The van der Waals surface area contributed by atoms with Gasteiger partial charge in [0.15, 0.2) is 0 Å². The Hall–Kier alpha value is -1.61. The van der Waals surface area contributed by atoms with Gasteiger partial charge in [-0.1, -0.05) is 13.5 Å². The van der Waals surface area contributed by atoms with Gasteiger partial charge in [-0.05, 0) is 19.3 Å². The van der Waals surface area contributed by atoms with Gasteiger partial charge in [-0.15, -0.1) is 23.4 Å². The molecule has 3 N–H and O–H groups in total. The molecule has 6 nitrogen and oxygen atoms in total. The Balaban J connectivity index is 1.86. The lowest BCUT2D eigenvalue weighted by molar-refractivity contribution is -0.352. The second-order valence-corrected chi connectivity index (χ2v) is 5.19. The minimum atomic E-state index is -4.60. The van der Waals surface area contributed by atoms with Gasteiger partial charge in [0, 0.05) is 17.5 Å². The third-order valence-corrected chi connectivity index (χ3v) is 3.38. The van der Waals surface area contributed by atoms with E-state index in [1.165, 1.54) is 0 Å². The summed E-state index contributed by atoms with van der Waals surface area (Å²) in [5.41, 5.74) is 3.07. The Labute approximate surface area is 119 Å². The normalized spacial score (nSPS) is 23.5. The van der Waals surface area contributed by atoms with Crippen LogP contribution in [0.25, 0.3) is 0 Å². The summed E-state index contributed by atoms with van der Waals surface area (Å²) < 4.78 is 45.5. The highest BCUT2D eigenvalue weighted by Gasteiger charge is 2.42. The standard InChI is InChI=1S/C12H17F3N4O2/c1-6(3-7(2)17-16)10-18-19-11(20-10)8-4-9(5-8)21-12(13,14)15/h6,8-9,17H,2-5,16H2,1H3/t6?,8-,9+. The number of ether oxygens (including phenoxy) is 1. The van der Waals surface area contributed by atoms with Gasteiger partial charge in [0.2, 0.25) is 11.8 Å².